The minimum Gasteiger partial charge on any atom is -0.315 e. The van der Waals surface area contributed by atoms with Crippen LogP contribution in [0.5, 0.6) is 0 Å². The molecule has 0 bridgehead atoms. The van der Waals surface area contributed by atoms with E-state index >= 15 is 0 Å². The zero-order valence-corrected chi connectivity index (χ0v) is 10.8. The van der Waals surface area contributed by atoms with Crippen LogP contribution in [0.1, 0.15) is 29.8 Å². The van der Waals surface area contributed by atoms with Gasteiger partial charge in [0.15, 0.2) is 11.5 Å². The van der Waals surface area contributed by atoms with Gasteiger partial charge in [-0.25, -0.2) is 9.50 Å². The highest BCUT2D eigenvalue weighted by molar-refractivity contribution is 6.30. The fourth-order valence-electron chi connectivity index (χ4n) is 2.22. The number of rotatable bonds is 2. The van der Waals surface area contributed by atoms with Crippen molar-refractivity contribution < 1.29 is 0 Å². The Morgan fingerprint density at radius 2 is 2.29 bits per heavy atom. The molecule has 0 saturated carbocycles. The Hall–Kier alpha value is -1.13. The molecule has 1 N–H and O–H groups in total. The van der Waals surface area contributed by atoms with Crippen LogP contribution < -0.4 is 5.32 Å². The van der Waals surface area contributed by atoms with Crippen LogP contribution in [0.25, 0.3) is 5.65 Å². The van der Waals surface area contributed by atoms with Crippen molar-refractivity contribution in [3.63, 3.8) is 0 Å². The smallest absolute Gasteiger partial charge is 0.157 e. The van der Waals surface area contributed by atoms with Gasteiger partial charge in [0.2, 0.25) is 0 Å². The van der Waals surface area contributed by atoms with Crippen LogP contribution in [0.4, 0.5) is 0 Å². The first-order valence-corrected chi connectivity index (χ1v) is 6.34. The summed E-state index contributed by atoms with van der Waals surface area (Å²) in [6.45, 7) is 6.11. The molecule has 3 rings (SSSR count). The second-order valence-electron chi connectivity index (χ2n) is 4.55. The van der Waals surface area contributed by atoms with Gasteiger partial charge in [-0.3, -0.25) is 0 Å². The number of pyridine rings is 1. The Morgan fingerprint density at radius 3 is 2.88 bits per heavy atom. The third-order valence-corrected chi connectivity index (χ3v) is 3.79. The van der Waals surface area contributed by atoms with E-state index in [4.69, 9.17) is 11.6 Å². The molecule has 1 saturated heterocycles. The number of aromatic nitrogens is 3. The molecule has 1 aliphatic rings. The van der Waals surface area contributed by atoms with Crippen LogP contribution in [-0.4, -0.2) is 27.7 Å². The molecule has 0 amide bonds. The van der Waals surface area contributed by atoms with Gasteiger partial charge >= 0.3 is 0 Å². The summed E-state index contributed by atoms with van der Waals surface area (Å²) in [5.41, 5.74) is 3.20. The summed E-state index contributed by atoms with van der Waals surface area (Å²) in [6, 6.07) is 2.06. The maximum absolute atomic E-state index is 6.37. The van der Waals surface area contributed by atoms with E-state index in [1.807, 2.05) is 0 Å². The van der Waals surface area contributed by atoms with E-state index in [0.29, 0.717) is 11.1 Å². The highest BCUT2D eigenvalue weighted by atomic mass is 35.5. The van der Waals surface area contributed by atoms with E-state index in [9.17, 15) is 0 Å². The van der Waals surface area contributed by atoms with E-state index in [2.05, 4.69) is 35.3 Å². The summed E-state index contributed by atoms with van der Waals surface area (Å²) in [5, 5.41) is 8.45. The number of nitrogens with one attached hydrogen (secondary N) is 1. The third kappa shape index (κ3) is 1.63. The van der Waals surface area contributed by atoms with Crippen molar-refractivity contribution in [2.75, 3.05) is 13.1 Å². The molecule has 0 unspecified atom stereocenters. The first kappa shape index (κ1) is 11.0. The third-order valence-electron chi connectivity index (χ3n) is 3.41. The van der Waals surface area contributed by atoms with E-state index in [1.54, 1.807) is 4.52 Å². The van der Waals surface area contributed by atoms with Crippen LogP contribution in [0.15, 0.2) is 6.07 Å². The SMILES string of the molecule is CCc1c(C)cc2nc(C3CNC3)nn2c1Cl. The topological polar surface area (TPSA) is 42.2 Å². The number of aryl methyl sites for hydroxylation is 1. The molecule has 2 aromatic rings. The molecule has 17 heavy (non-hydrogen) atoms. The molecule has 4 nitrogen and oxygen atoms in total. The van der Waals surface area contributed by atoms with Crippen LogP contribution in [-0.2, 0) is 6.42 Å². The molecule has 0 atom stereocenters. The average Bonchev–Trinajstić information content (AvgIpc) is 2.59. The Bertz CT molecular complexity index is 571. The number of hydrogen-bond acceptors (Lipinski definition) is 3. The number of hydrogen-bond donors (Lipinski definition) is 1. The van der Waals surface area contributed by atoms with E-state index in [-0.39, 0.29) is 0 Å². The molecule has 0 radical (unpaired) electrons. The summed E-state index contributed by atoms with van der Waals surface area (Å²) in [7, 11) is 0. The minimum atomic E-state index is 0.441. The highest BCUT2D eigenvalue weighted by Crippen LogP contribution is 2.24. The Morgan fingerprint density at radius 1 is 1.53 bits per heavy atom. The van der Waals surface area contributed by atoms with E-state index < -0.39 is 0 Å². The van der Waals surface area contributed by atoms with Gasteiger partial charge in [0.05, 0.1) is 0 Å². The summed E-state index contributed by atoms with van der Waals surface area (Å²) < 4.78 is 1.76. The number of fused-ring (bicyclic) bond motifs is 1. The van der Waals surface area contributed by atoms with E-state index in [0.717, 1.165) is 36.5 Å². The van der Waals surface area contributed by atoms with E-state index in [1.165, 1.54) is 5.56 Å². The number of halogens is 1. The second-order valence-corrected chi connectivity index (χ2v) is 4.90. The molecular weight excluding hydrogens is 236 g/mol. The van der Waals surface area contributed by atoms with Crippen LogP contribution in [0.3, 0.4) is 0 Å². The van der Waals surface area contributed by atoms with Crippen molar-refractivity contribution >= 4 is 17.2 Å². The molecule has 0 aromatic carbocycles. The Kier molecular flexibility index (Phi) is 2.56. The van der Waals surface area contributed by atoms with Crippen LogP contribution in [0, 0.1) is 6.92 Å². The average molecular weight is 251 g/mol. The molecule has 1 fully saturated rings. The van der Waals surface area contributed by atoms with Gasteiger partial charge < -0.3 is 5.32 Å². The molecule has 0 spiro atoms. The monoisotopic (exact) mass is 250 g/mol. The largest absolute Gasteiger partial charge is 0.315 e. The Balaban J connectivity index is 2.17. The van der Waals surface area contributed by atoms with Crippen molar-refractivity contribution in [3.8, 4) is 0 Å². The lowest BCUT2D eigenvalue weighted by Gasteiger charge is -2.23. The first-order chi connectivity index (χ1) is 8.20. The lowest BCUT2D eigenvalue weighted by Crippen LogP contribution is -2.40. The maximum Gasteiger partial charge on any atom is 0.157 e. The fraction of sp³-hybridized carbons (Fsp3) is 0.500. The summed E-state index contributed by atoms with van der Waals surface area (Å²) in [6.07, 6.45) is 0.917. The van der Waals surface area contributed by atoms with Crippen molar-refractivity contribution in [1.82, 2.24) is 19.9 Å². The minimum absolute atomic E-state index is 0.441. The quantitative estimate of drug-likeness (QED) is 0.829. The van der Waals surface area contributed by atoms with Gasteiger partial charge in [0, 0.05) is 19.0 Å². The van der Waals surface area contributed by atoms with Gasteiger partial charge in [0.25, 0.3) is 0 Å². The normalized spacial score (nSPS) is 16.4. The molecule has 1 aliphatic heterocycles. The summed E-state index contributed by atoms with van der Waals surface area (Å²) >= 11 is 6.37. The lowest BCUT2D eigenvalue weighted by atomic mass is 10.0. The molecule has 5 heteroatoms. The standard InChI is InChI=1S/C12H15ClN4/c1-3-9-7(2)4-10-15-12(8-5-14-6-8)16-17(10)11(9)13/h4,8,14H,3,5-6H2,1-2H3. The van der Waals surface area contributed by atoms with Crippen molar-refractivity contribution in [1.29, 1.82) is 0 Å². The molecule has 2 aromatic heterocycles. The van der Waals surface area contributed by atoms with Gasteiger partial charge in [0.1, 0.15) is 5.15 Å². The predicted octanol–water partition coefficient (Wildman–Crippen LogP) is 1.94. The van der Waals surface area contributed by atoms with Gasteiger partial charge in [-0.15, -0.1) is 5.10 Å². The van der Waals surface area contributed by atoms with Gasteiger partial charge in [-0.1, -0.05) is 18.5 Å². The molecular formula is C12H15ClN4. The van der Waals surface area contributed by atoms with Gasteiger partial charge in [-0.2, -0.15) is 0 Å². The first-order valence-electron chi connectivity index (χ1n) is 5.96. The highest BCUT2D eigenvalue weighted by Gasteiger charge is 2.24. The molecule has 0 aliphatic carbocycles. The van der Waals surface area contributed by atoms with Crippen LogP contribution >= 0.6 is 11.6 Å². The lowest BCUT2D eigenvalue weighted by molar-refractivity contribution is 0.430. The van der Waals surface area contributed by atoms with Crippen molar-refractivity contribution in [3.05, 3.63) is 28.2 Å². The fourth-order valence-corrected chi connectivity index (χ4v) is 2.63. The summed E-state index contributed by atoms with van der Waals surface area (Å²) in [4.78, 5) is 4.56. The maximum atomic E-state index is 6.37. The zero-order chi connectivity index (χ0) is 12.0. The Labute approximate surface area is 105 Å². The van der Waals surface area contributed by atoms with Crippen molar-refractivity contribution in [2.45, 2.75) is 26.2 Å². The molecule has 3 heterocycles. The molecule has 90 valence electrons. The van der Waals surface area contributed by atoms with Gasteiger partial charge in [-0.05, 0) is 30.5 Å². The summed E-state index contributed by atoms with van der Waals surface area (Å²) in [5.74, 6) is 1.34. The predicted molar refractivity (Wildman–Crippen MR) is 67.7 cm³/mol. The van der Waals surface area contributed by atoms with Crippen LogP contribution in [0.2, 0.25) is 5.15 Å². The second kappa shape index (κ2) is 3.96. The van der Waals surface area contributed by atoms with Crippen molar-refractivity contribution in [2.24, 2.45) is 0 Å². The number of nitrogens with zero attached hydrogens (tertiary/aromatic N) is 3. The zero-order valence-electron chi connectivity index (χ0n) is 10.00.